The van der Waals surface area contributed by atoms with E-state index in [1.54, 1.807) is 0 Å². The van der Waals surface area contributed by atoms with Crippen LogP contribution in [0.15, 0.2) is 197 Å². The summed E-state index contributed by atoms with van der Waals surface area (Å²) in [6.45, 7) is 0. The van der Waals surface area contributed by atoms with Crippen molar-refractivity contribution in [2.45, 2.75) is 0 Å². The quantitative estimate of drug-likeness (QED) is 0.179. The van der Waals surface area contributed by atoms with Crippen molar-refractivity contribution in [3.8, 4) is 33.4 Å². The predicted molar refractivity (Wildman–Crippen MR) is 212 cm³/mol. The molecule has 2 heterocycles. The van der Waals surface area contributed by atoms with Gasteiger partial charge in [-0.2, -0.15) is 0 Å². The molecule has 0 saturated heterocycles. The molecule has 0 bridgehead atoms. The molecule has 3 nitrogen and oxygen atoms in total. The second-order valence-electron chi connectivity index (χ2n) is 12.8. The fourth-order valence-electron chi connectivity index (χ4n) is 7.60. The summed E-state index contributed by atoms with van der Waals surface area (Å²) in [5, 5.41) is 4.40. The number of fused-ring (bicyclic) bond motifs is 6. The number of nitrogens with zero attached hydrogens (tertiary/aromatic N) is 1. The molecular formula is C48H31NO2. The Bertz CT molecular complexity index is 2860. The average Bonchev–Trinajstić information content (AvgIpc) is 3.77. The van der Waals surface area contributed by atoms with E-state index >= 15 is 0 Å². The van der Waals surface area contributed by atoms with Crippen LogP contribution in [-0.4, -0.2) is 0 Å². The zero-order valence-electron chi connectivity index (χ0n) is 27.7. The molecule has 51 heavy (non-hydrogen) atoms. The summed E-state index contributed by atoms with van der Waals surface area (Å²) in [6, 6.07) is 66.1. The van der Waals surface area contributed by atoms with Crippen LogP contribution in [0.5, 0.6) is 0 Å². The number of benzene rings is 8. The lowest BCUT2D eigenvalue weighted by atomic mass is 9.90. The number of hydrogen-bond donors (Lipinski definition) is 0. The van der Waals surface area contributed by atoms with Crippen molar-refractivity contribution in [2.75, 3.05) is 4.90 Å². The highest BCUT2D eigenvalue weighted by molar-refractivity contribution is 6.13. The van der Waals surface area contributed by atoms with Crippen molar-refractivity contribution in [1.29, 1.82) is 0 Å². The minimum absolute atomic E-state index is 0.844. The van der Waals surface area contributed by atoms with E-state index < -0.39 is 0 Å². The first-order chi connectivity index (χ1) is 25.3. The van der Waals surface area contributed by atoms with Gasteiger partial charge in [0.05, 0.1) is 11.4 Å². The number of para-hydroxylation sites is 4. The van der Waals surface area contributed by atoms with Gasteiger partial charge in [-0.05, 0) is 53.1 Å². The fourth-order valence-corrected chi connectivity index (χ4v) is 7.60. The monoisotopic (exact) mass is 653 g/mol. The average molecular weight is 654 g/mol. The molecule has 0 unspecified atom stereocenters. The maximum Gasteiger partial charge on any atom is 0.143 e. The van der Waals surface area contributed by atoms with Crippen molar-refractivity contribution in [3.05, 3.63) is 188 Å². The van der Waals surface area contributed by atoms with Crippen LogP contribution in [0.25, 0.3) is 77.3 Å². The Balaban J connectivity index is 1.32. The Morgan fingerprint density at radius 1 is 0.333 bits per heavy atom. The molecule has 0 radical (unpaired) electrons. The van der Waals surface area contributed by atoms with E-state index in [4.69, 9.17) is 8.83 Å². The van der Waals surface area contributed by atoms with E-state index in [0.29, 0.717) is 0 Å². The molecule has 0 aliphatic rings. The van der Waals surface area contributed by atoms with Crippen LogP contribution in [0.4, 0.5) is 17.1 Å². The van der Waals surface area contributed by atoms with Gasteiger partial charge < -0.3 is 13.7 Å². The summed E-state index contributed by atoms with van der Waals surface area (Å²) in [7, 11) is 0. The molecule has 0 saturated carbocycles. The highest BCUT2D eigenvalue weighted by Gasteiger charge is 2.25. The molecule has 0 amide bonds. The highest BCUT2D eigenvalue weighted by atomic mass is 16.3. The molecular weight excluding hydrogens is 623 g/mol. The van der Waals surface area contributed by atoms with Gasteiger partial charge in [0.15, 0.2) is 0 Å². The minimum atomic E-state index is 0.844. The summed E-state index contributed by atoms with van der Waals surface area (Å²) < 4.78 is 13.2. The summed E-state index contributed by atoms with van der Waals surface area (Å²) in [4.78, 5) is 2.39. The van der Waals surface area contributed by atoms with Crippen molar-refractivity contribution >= 4 is 60.9 Å². The van der Waals surface area contributed by atoms with Crippen LogP contribution in [0.1, 0.15) is 0 Å². The maximum atomic E-state index is 6.73. The van der Waals surface area contributed by atoms with E-state index in [9.17, 15) is 0 Å². The predicted octanol–water partition coefficient (Wildman–Crippen LogP) is 14.0. The second-order valence-corrected chi connectivity index (χ2v) is 12.8. The summed E-state index contributed by atoms with van der Waals surface area (Å²) in [5.74, 6) is 0. The number of rotatable bonds is 6. The van der Waals surface area contributed by atoms with Crippen LogP contribution < -0.4 is 4.90 Å². The van der Waals surface area contributed by atoms with Crippen molar-refractivity contribution in [2.24, 2.45) is 0 Å². The van der Waals surface area contributed by atoms with E-state index in [2.05, 4.69) is 169 Å². The van der Waals surface area contributed by atoms with E-state index in [-0.39, 0.29) is 0 Å². The lowest BCUT2D eigenvalue weighted by molar-refractivity contribution is 0.669. The van der Waals surface area contributed by atoms with Crippen LogP contribution in [0.2, 0.25) is 0 Å². The standard InChI is InChI=1S/C48H31NO2/c1-3-15-32(16-4-1)35-19-7-10-25-42(35)49(34-29-30-39-37-20-8-11-27-44(37)50-46(39)31-34)43-26-14-22-36(33-17-5-2-6-18-33)47(43)41-24-13-23-40-38-21-9-12-28-45(38)51-48(40)41/h1-31H. The smallest absolute Gasteiger partial charge is 0.143 e. The largest absolute Gasteiger partial charge is 0.456 e. The van der Waals surface area contributed by atoms with E-state index in [0.717, 1.165) is 94.3 Å². The lowest BCUT2D eigenvalue weighted by Gasteiger charge is -2.31. The lowest BCUT2D eigenvalue weighted by Crippen LogP contribution is -2.13. The normalized spacial score (nSPS) is 11.5. The molecule has 8 aromatic carbocycles. The van der Waals surface area contributed by atoms with Gasteiger partial charge in [0.1, 0.15) is 22.3 Å². The first-order valence-corrected chi connectivity index (χ1v) is 17.3. The summed E-state index contributed by atoms with van der Waals surface area (Å²) >= 11 is 0. The molecule has 0 fully saturated rings. The van der Waals surface area contributed by atoms with Crippen molar-refractivity contribution in [3.63, 3.8) is 0 Å². The second kappa shape index (κ2) is 11.9. The zero-order valence-corrected chi connectivity index (χ0v) is 27.7. The maximum absolute atomic E-state index is 6.73. The van der Waals surface area contributed by atoms with Crippen LogP contribution in [0.3, 0.4) is 0 Å². The van der Waals surface area contributed by atoms with Gasteiger partial charge in [-0.25, -0.2) is 0 Å². The Morgan fingerprint density at radius 2 is 0.863 bits per heavy atom. The van der Waals surface area contributed by atoms with E-state index in [1.165, 1.54) is 0 Å². The van der Waals surface area contributed by atoms with Crippen molar-refractivity contribution in [1.82, 2.24) is 0 Å². The molecule has 10 rings (SSSR count). The zero-order chi connectivity index (χ0) is 33.7. The van der Waals surface area contributed by atoms with Crippen LogP contribution in [0, 0.1) is 0 Å². The molecule has 240 valence electrons. The topological polar surface area (TPSA) is 29.5 Å². The van der Waals surface area contributed by atoms with Crippen molar-refractivity contribution < 1.29 is 8.83 Å². The fraction of sp³-hybridized carbons (Fsp3) is 0. The number of hydrogen-bond acceptors (Lipinski definition) is 3. The Morgan fingerprint density at radius 3 is 1.65 bits per heavy atom. The van der Waals surface area contributed by atoms with E-state index in [1.807, 2.05) is 24.3 Å². The first-order valence-electron chi connectivity index (χ1n) is 17.3. The van der Waals surface area contributed by atoms with Crippen LogP contribution in [-0.2, 0) is 0 Å². The van der Waals surface area contributed by atoms with Crippen LogP contribution >= 0.6 is 0 Å². The molecule has 0 spiro atoms. The summed E-state index contributed by atoms with van der Waals surface area (Å²) in [5.41, 5.74) is 13.2. The molecule has 2 aromatic heterocycles. The molecule has 10 aromatic rings. The van der Waals surface area contributed by atoms with Gasteiger partial charge >= 0.3 is 0 Å². The van der Waals surface area contributed by atoms with Gasteiger partial charge in [0, 0.05) is 50.0 Å². The summed E-state index contributed by atoms with van der Waals surface area (Å²) in [6.07, 6.45) is 0. The SMILES string of the molecule is c1ccc(-c2ccccc2N(c2ccc3c(c2)oc2ccccc23)c2cccc(-c3ccccc3)c2-c2cccc3c2oc2ccccc23)cc1. The molecule has 0 N–H and O–H groups in total. The van der Waals surface area contributed by atoms with Gasteiger partial charge in [-0.1, -0.05) is 146 Å². The van der Waals surface area contributed by atoms with Gasteiger partial charge in [0.25, 0.3) is 0 Å². The number of anilines is 3. The molecule has 0 aliphatic carbocycles. The molecule has 0 aliphatic heterocycles. The Labute approximate surface area is 295 Å². The third kappa shape index (κ3) is 4.82. The van der Waals surface area contributed by atoms with Gasteiger partial charge in [0.2, 0.25) is 0 Å². The third-order valence-corrected chi connectivity index (χ3v) is 9.89. The molecule has 0 atom stereocenters. The third-order valence-electron chi connectivity index (χ3n) is 9.89. The van der Waals surface area contributed by atoms with Gasteiger partial charge in [-0.3, -0.25) is 0 Å². The Hall–Kier alpha value is -6.84. The minimum Gasteiger partial charge on any atom is -0.456 e. The number of furan rings is 2. The molecule has 3 heteroatoms. The Kier molecular flexibility index (Phi) is 6.81. The highest BCUT2D eigenvalue weighted by Crippen LogP contribution is 2.50. The van der Waals surface area contributed by atoms with Gasteiger partial charge in [-0.15, -0.1) is 0 Å². The first kappa shape index (κ1) is 29.1.